The Hall–Kier alpha value is -2.20. The third-order valence-electron chi connectivity index (χ3n) is 2.86. The van der Waals surface area contributed by atoms with E-state index in [1.165, 1.54) is 6.07 Å². The highest BCUT2D eigenvalue weighted by atomic mass is 19.1. The SMILES string of the molecule is NCc1ncc(-c2ccc(F)c3ccccc23)o1. The molecule has 1 aromatic heterocycles. The van der Waals surface area contributed by atoms with Crippen LogP contribution in [0.5, 0.6) is 0 Å². The van der Waals surface area contributed by atoms with E-state index in [1.807, 2.05) is 12.1 Å². The summed E-state index contributed by atoms with van der Waals surface area (Å²) < 4.78 is 19.2. The molecule has 0 saturated carbocycles. The molecule has 0 aliphatic carbocycles. The van der Waals surface area contributed by atoms with Crippen molar-refractivity contribution in [1.82, 2.24) is 4.98 Å². The highest BCUT2D eigenvalue weighted by molar-refractivity contribution is 5.95. The summed E-state index contributed by atoms with van der Waals surface area (Å²) in [6, 6.07) is 10.4. The number of halogens is 1. The number of hydrogen-bond donors (Lipinski definition) is 1. The van der Waals surface area contributed by atoms with Crippen LogP contribution in [0.1, 0.15) is 5.89 Å². The number of aromatic nitrogens is 1. The lowest BCUT2D eigenvalue weighted by molar-refractivity contribution is 0.510. The molecule has 0 aliphatic rings. The van der Waals surface area contributed by atoms with E-state index in [9.17, 15) is 4.39 Å². The Morgan fingerprint density at radius 3 is 2.61 bits per heavy atom. The number of nitrogens with zero attached hydrogens (tertiary/aromatic N) is 1. The Labute approximate surface area is 103 Å². The maximum atomic E-state index is 13.7. The molecule has 0 radical (unpaired) electrons. The van der Waals surface area contributed by atoms with Crippen LogP contribution in [0, 0.1) is 5.82 Å². The van der Waals surface area contributed by atoms with Crippen LogP contribution in [-0.4, -0.2) is 4.98 Å². The first-order valence-electron chi connectivity index (χ1n) is 5.62. The Balaban J connectivity index is 2.26. The van der Waals surface area contributed by atoms with E-state index in [1.54, 1.807) is 24.4 Å². The molecule has 3 rings (SSSR count). The van der Waals surface area contributed by atoms with E-state index in [0.717, 1.165) is 10.9 Å². The van der Waals surface area contributed by atoms with Crippen LogP contribution >= 0.6 is 0 Å². The van der Waals surface area contributed by atoms with Crippen molar-refractivity contribution in [2.45, 2.75) is 6.54 Å². The minimum Gasteiger partial charge on any atom is -0.439 e. The minimum atomic E-state index is -0.243. The zero-order chi connectivity index (χ0) is 12.5. The summed E-state index contributed by atoms with van der Waals surface area (Å²) >= 11 is 0. The predicted molar refractivity (Wildman–Crippen MR) is 67.3 cm³/mol. The van der Waals surface area contributed by atoms with Gasteiger partial charge in [-0.2, -0.15) is 0 Å². The molecule has 0 atom stereocenters. The number of rotatable bonds is 2. The summed E-state index contributed by atoms with van der Waals surface area (Å²) in [5.74, 6) is 0.831. The lowest BCUT2D eigenvalue weighted by atomic mass is 10.0. The van der Waals surface area contributed by atoms with Crippen LogP contribution in [0.15, 0.2) is 47.0 Å². The van der Waals surface area contributed by atoms with Gasteiger partial charge in [0.2, 0.25) is 5.89 Å². The van der Waals surface area contributed by atoms with Gasteiger partial charge in [0.15, 0.2) is 5.76 Å². The van der Waals surface area contributed by atoms with Crippen molar-refractivity contribution in [3.8, 4) is 11.3 Å². The van der Waals surface area contributed by atoms with Crippen molar-refractivity contribution in [1.29, 1.82) is 0 Å². The fourth-order valence-electron chi connectivity index (χ4n) is 2.01. The smallest absolute Gasteiger partial charge is 0.208 e. The second kappa shape index (κ2) is 4.23. The first-order valence-corrected chi connectivity index (χ1v) is 5.62. The molecule has 0 unspecified atom stereocenters. The van der Waals surface area contributed by atoms with Crippen molar-refractivity contribution in [2.75, 3.05) is 0 Å². The Kier molecular flexibility index (Phi) is 2.57. The van der Waals surface area contributed by atoms with Gasteiger partial charge in [-0.15, -0.1) is 0 Å². The molecule has 90 valence electrons. The zero-order valence-electron chi connectivity index (χ0n) is 9.56. The molecule has 2 N–H and O–H groups in total. The molecule has 3 nitrogen and oxygen atoms in total. The van der Waals surface area contributed by atoms with Gasteiger partial charge in [-0.1, -0.05) is 24.3 Å². The molecule has 0 aliphatic heterocycles. The highest BCUT2D eigenvalue weighted by Gasteiger charge is 2.11. The van der Waals surface area contributed by atoms with Gasteiger partial charge in [-0.25, -0.2) is 9.37 Å². The van der Waals surface area contributed by atoms with E-state index in [-0.39, 0.29) is 12.4 Å². The van der Waals surface area contributed by atoms with E-state index in [2.05, 4.69) is 4.98 Å². The molecule has 0 spiro atoms. The normalized spacial score (nSPS) is 11.0. The maximum absolute atomic E-state index is 13.7. The fraction of sp³-hybridized carbons (Fsp3) is 0.0714. The molecule has 18 heavy (non-hydrogen) atoms. The molecule has 0 saturated heterocycles. The quantitative estimate of drug-likeness (QED) is 0.751. The van der Waals surface area contributed by atoms with Gasteiger partial charge in [0.05, 0.1) is 12.7 Å². The molecule has 2 aromatic carbocycles. The average Bonchev–Trinajstić information content (AvgIpc) is 2.88. The monoisotopic (exact) mass is 242 g/mol. The van der Waals surface area contributed by atoms with E-state index >= 15 is 0 Å². The molecule has 0 fully saturated rings. The van der Waals surface area contributed by atoms with E-state index in [0.29, 0.717) is 17.0 Å². The fourth-order valence-corrected chi connectivity index (χ4v) is 2.01. The summed E-state index contributed by atoms with van der Waals surface area (Å²) in [6.45, 7) is 0.249. The van der Waals surface area contributed by atoms with Crippen LogP contribution in [0.25, 0.3) is 22.1 Å². The first kappa shape index (κ1) is 10.9. The molecule has 3 aromatic rings. The van der Waals surface area contributed by atoms with Crippen molar-refractivity contribution in [3.63, 3.8) is 0 Å². The van der Waals surface area contributed by atoms with Crippen LogP contribution in [0.3, 0.4) is 0 Å². The van der Waals surface area contributed by atoms with Crippen molar-refractivity contribution in [3.05, 3.63) is 54.3 Å². The molecule has 0 amide bonds. The summed E-state index contributed by atoms with van der Waals surface area (Å²) in [5.41, 5.74) is 6.28. The van der Waals surface area contributed by atoms with Crippen LogP contribution < -0.4 is 5.73 Å². The summed E-state index contributed by atoms with van der Waals surface area (Å²) in [4.78, 5) is 4.05. The molecule has 0 bridgehead atoms. The van der Waals surface area contributed by atoms with E-state index < -0.39 is 0 Å². The second-order valence-electron chi connectivity index (χ2n) is 3.96. The minimum absolute atomic E-state index is 0.243. The first-order chi connectivity index (χ1) is 8.79. The lowest BCUT2D eigenvalue weighted by Gasteiger charge is -2.04. The predicted octanol–water partition coefficient (Wildman–Crippen LogP) is 3.09. The largest absolute Gasteiger partial charge is 0.439 e. The second-order valence-corrected chi connectivity index (χ2v) is 3.96. The van der Waals surface area contributed by atoms with Gasteiger partial charge in [0, 0.05) is 10.9 Å². The Bertz CT molecular complexity index is 706. The summed E-state index contributed by atoms with van der Waals surface area (Å²) in [7, 11) is 0. The standard InChI is InChI=1S/C14H11FN2O/c15-12-6-5-11(9-3-1-2-4-10(9)12)13-8-17-14(7-16)18-13/h1-6,8H,7,16H2. The maximum Gasteiger partial charge on any atom is 0.208 e. The molecule has 4 heteroatoms. The van der Waals surface area contributed by atoms with Gasteiger partial charge in [-0.05, 0) is 17.5 Å². The number of fused-ring (bicyclic) bond motifs is 1. The van der Waals surface area contributed by atoms with Crippen LogP contribution in [0.2, 0.25) is 0 Å². The molecular formula is C14H11FN2O. The number of nitrogens with two attached hydrogens (primary N) is 1. The number of oxazole rings is 1. The zero-order valence-corrected chi connectivity index (χ0v) is 9.56. The third-order valence-corrected chi connectivity index (χ3v) is 2.86. The summed E-state index contributed by atoms with van der Waals surface area (Å²) in [5, 5.41) is 1.37. The van der Waals surface area contributed by atoms with Crippen LogP contribution in [-0.2, 0) is 6.54 Å². The average molecular weight is 242 g/mol. The topological polar surface area (TPSA) is 52.0 Å². The third kappa shape index (κ3) is 1.67. The van der Waals surface area contributed by atoms with Gasteiger partial charge >= 0.3 is 0 Å². The van der Waals surface area contributed by atoms with Gasteiger partial charge in [-0.3, -0.25) is 0 Å². The lowest BCUT2D eigenvalue weighted by Crippen LogP contribution is -1.94. The van der Waals surface area contributed by atoms with Crippen molar-refractivity contribution < 1.29 is 8.81 Å². The van der Waals surface area contributed by atoms with Gasteiger partial charge < -0.3 is 10.2 Å². The summed E-state index contributed by atoms with van der Waals surface area (Å²) in [6.07, 6.45) is 1.61. The van der Waals surface area contributed by atoms with Gasteiger partial charge in [0.25, 0.3) is 0 Å². The van der Waals surface area contributed by atoms with Crippen molar-refractivity contribution >= 4 is 10.8 Å². The van der Waals surface area contributed by atoms with Crippen molar-refractivity contribution in [2.24, 2.45) is 5.73 Å². The molecule has 1 heterocycles. The van der Waals surface area contributed by atoms with E-state index in [4.69, 9.17) is 10.2 Å². The molecular weight excluding hydrogens is 231 g/mol. The van der Waals surface area contributed by atoms with Crippen LogP contribution in [0.4, 0.5) is 4.39 Å². The van der Waals surface area contributed by atoms with Gasteiger partial charge in [0.1, 0.15) is 5.82 Å². The number of benzene rings is 2. The Morgan fingerprint density at radius 1 is 1.11 bits per heavy atom. The highest BCUT2D eigenvalue weighted by Crippen LogP contribution is 2.30. The number of hydrogen-bond acceptors (Lipinski definition) is 3. The Morgan fingerprint density at radius 2 is 1.89 bits per heavy atom.